The van der Waals surface area contributed by atoms with Gasteiger partial charge in [-0.05, 0) is 19.3 Å². The van der Waals surface area contributed by atoms with Crippen molar-refractivity contribution in [2.24, 2.45) is 5.92 Å². The number of fused-ring (bicyclic) bond motifs is 2. The number of hydrogen-bond acceptors (Lipinski definition) is 1. The van der Waals surface area contributed by atoms with Gasteiger partial charge in [0.1, 0.15) is 0 Å². The molecule has 2 aliphatic rings. The molecule has 1 saturated heterocycles. The van der Waals surface area contributed by atoms with Gasteiger partial charge in [-0.25, -0.2) is 0 Å². The van der Waals surface area contributed by atoms with Crippen molar-refractivity contribution in [2.75, 3.05) is 13.1 Å². The van der Waals surface area contributed by atoms with Gasteiger partial charge >= 0.3 is 0 Å². The van der Waals surface area contributed by atoms with Gasteiger partial charge in [-0.2, -0.15) is 0 Å². The number of nitrogens with zero attached hydrogens (tertiary/aromatic N) is 1. The molecular formula is C10H15NO. The van der Waals surface area contributed by atoms with Crippen LogP contribution >= 0.6 is 0 Å². The van der Waals surface area contributed by atoms with Crippen LogP contribution in [0.5, 0.6) is 0 Å². The minimum absolute atomic E-state index is 0.297. The molecule has 2 aliphatic heterocycles. The van der Waals surface area contributed by atoms with Gasteiger partial charge in [0.2, 0.25) is 5.91 Å². The first kappa shape index (κ1) is 7.84. The Kier molecular flexibility index (Phi) is 2.15. The minimum atomic E-state index is 0.297. The highest BCUT2D eigenvalue weighted by Crippen LogP contribution is 2.23. The Morgan fingerprint density at radius 1 is 1.33 bits per heavy atom. The highest BCUT2D eigenvalue weighted by Gasteiger charge is 2.26. The smallest absolute Gasteiger partial charge is 0.226 e. The lowest BCUT2D eigenvalue weighted by molar-refractivity contribution is -0.134. The zero-order chi connectivity index (χ0) is 8.39. The Hall–Kier alpha value is -0.790. The molecule has 1 fully saturated rings. The van der Waals surface area contributed by atoms with Crippen LogP contribution in [0, 0.1) is 5.92 Å². The molecule has 2 heteroatoms. The van der Waals surface area contributed by atoms with Crippen LogP contribution in [-0.2, 0) is 4.79 Å². The highest BCUT2D eigenvalue weighted by atomic mass is 16.2. The fourth-order valence-corrected chi connectivity index (χ4v) is 2.05. The van der Waals surface area contributed by atoms with Crippen LogP contribution < -0.4 is 0 Å². The minimum Gasteiger partial charge on any atom is -0.339 e. The van der Waals surface area contributed by atoms with Crippen LogP contribution in [0.15, 0.2) is 12.2 Å². The number of carbonyl (C=O) groups excluding carboxylic acids is 1. The number of hydrogen-bond donors (Lipinski definition) is 0. The van der Waals surface area contributed by atoms with E-state index in [0.717, 1.165) is 25.9 Å². The Morgan fingerprint density at radius 2 is 2.25 bits per heavy atom. The lowest BCUT2D eigenvalue weighted by Crippen LogP contribution is -2.33. The van der Waals surface area contributed by atoms with E-state index in [2.05, 4.69) is 12.2 Å². The van der Waals surface area contributed by atoms with Gasteiger partial charge in [-0.1, -0.05) is 18.6 Å². The van der Waals surface area contributed by atoms with Crippen LogP contribution in [0.4, 0.5) is 0 Å². The van der Waals surface area contributed by atoms with Crippen LogP contribution in [0.1, 0.15) is 25.7 Å². The molecule has 0 aromatic heterocycles. The average Bonchev–Trinajstić information content (AvgIpc) is 2.37. The predicted octanol–water partition coefficient (Wildman–Crippen LogP) is 1.57. The Bertz CT molecular complexity index is 190. The zero-order valence-corrected chi connectivity index (χ0v) is 7.33. The summed E-state index contributed by atoms with van der Waals surface area (Å²) in [6, 6.07) is 0. The van der Waals surface area contributed by atoms with Gasteiger partial charge in [-0.3, -0.25) is 4.79 Å². The van der Waals surface area contributed by atoms with E-state index in [1.54, 1.807) is 0 Å². The zero-order valence-electron chi connectivity index (χ0n) is 7.33. The van der Waals surface area contributed by atoms with Crippen LogP contribution in [-0.4, -0.2) is 23.9 Å². The summed E-state index contributed by atoms with van der Waals surface area (Å²) in [5.74, 6) is 0.684. The maximum absolute atomic E-state index is 11.7. The quantitative estimate of drug-likeness (QED) is 0.499. The molecule has 0 N–H and O–H groups in total. The van der Waals surface area contributed by atoms with E-state index < -0.39 is 0 Å². The molecule has 12 heavy (non-hydrogen) atoms. The van der Waals surface area contributed by atoms with Crippen molar-refractivity contribution >= 4 is 5.91 Å². The van der Waals surface area contributed by atoms with Gasteiger partial charge in [-0.15, -0.1) is 0 Å². The summed E-state index contributed by atoms with van der Waals surface area (Å²) in [4.78, 5) is 13.7. The van der Waals surface area contributed by atoms with Gasteiger partial charge in [0, 0.05) is 19.0 Å². The van der Waals surface area contributed by atoms with Crippen molar-refractivity contribution in [3.05, 3.63) is 12.2 Å². The summed E-state index contributed by atoms with van der Waals surface area (Å²) in [7, 11) is 0. The molecule has 0 saturated carbocycles. The largest absolute Gasteiger partial charge is 0.339 e. The lowest BCUT2D eigenvalue weighted by atomic mass is 9.99. The van der Waals surface area contributed by atoms with Crippen LogP contribution in [0.3, 0.4) is 0 Å². The SMILES string of the molecule is O=C1C2CC=CCN1CCCC2. The van der Waals surface area contributed by atoms with Gasteiger partial charge in [0.05, 0.1) is 0 Å². The van der Waals surface area contributed by atoms with E-state index in [9.17, 15) is 4.79 Å². The molecule has 0 spiro atoms. The number of allylic oxidation sites excluding steroid dienone is 1. The molecule has 2 bridgehead atoms. The molecule has 0 aromatic carbocycles. The second-order valence-corrected chi connectivity index (χ2v) is 3.68. The average molecular weight is 165 g/mol. The summed E-state index contributed by atoms with van der Waals surface area (Å²) < 4.78 is 0. The standard InChI is InChI=1S/C10H15NO/c12-10-9-5-1-3-7-11(10)8-4-2-6-9/h1,3,9H,2,4-8H2. The molecule has 1 unspecified atom stereocenters. The third-order valence-electron chi connectivity index (χ3n) is 2.80. The third-order valence-corrected chi connectivity index (χ3v) is 2.80. The number of amides is 1. The van der Waals surface area contributed by atoms with Gasteiger partial charge < -0.3 is 4.90 Å². The second kappa shape index (κ2) is 3.30. The van der Waals surface area contributed by atoms with E-state index in [1.807, 2.05) is 4.90 Å². The maximum Gasteiger partial charge on any atom is 0.226 e. The summed E-state index contributed by atoms with van der Waals surface area (Å²) >= 11 is 0. The predicted molar refractivity (Wildman–Crippen MR) is 47.7 cm³/mol. The van der Waals surface area contributed by atoms with E-state index >= 15 is 0 Å². The van der Waals surface area contributed by atoms with Crippen molar-refractivity contribution in [2.45, 2.75) is 25.7 Å². The lowest BCUT2D eigenvalue weighted by Gasteiger charge is -2.19. The molecule has 2 nitrogen and oxygen atoms in total. The molecule has 0 aromatic rings. The van der Waals surface area contributed by atoms with Crippen LogP contribution in [0.25, 0.3) is 0 Å². The molecule has 1 amide bonds. The fraction of sp³-hybridized carbons (Fsp3) is 0.700. The van der Waals surface area contributed by atoms with Crippen LogP contribution in [0.2, 0.25) is 0 Å². The van der Waals surface area contributed by atoms with Crippen molar-refractivity contribution in [1.82, 2.24) is 4.90 Å². The molecule has 0 radical (unpaired) electrons. The molecule has 66 valence electrons. The summed E-state index contributed by atoms with van der Waals surface area (Å²) in [6.07, 6.45) is 8.77. The van der Waals surface area contributed by atoms with E-state index in [4.69, 9.17) is 0 Å². The van der Waals surface area contributed by atoms with Crippen molar-refractivity contribution in [1.29, 1.82) is 0 Å². The molecule has 2 rings (SSSR count). The topological polar surface area (TPSA) is 20.3 Å². The second-order valence-electron chi connectivity index (χ2n) is 3.68. The molecule has 2 heterocycles. The number of carbonyl (C=O) groups is 1. The van der Waals surface area contributed by atoms with Gasteiger partial charge in [0.25, 0.3) is 0 Å². The number of rotatable bonds is 0. The van der Waals surface area contributed by atoms with E-state index in [1.165, 1.54) is 12.8 Å². The monoisotopic (exact) mass is 165 g/mol. The van der Waals surface area contributed by atoms with E-state index in [0.29, 0.717) is 11.8 Å². The normalized spacial score (nSPS) is 29.8. The highest BCUT2D eigenvalue weighted by molar-refractivity contribution is 5.79. The first-order chi connectivity index (χ1) is 5.88. The maximum atomic E-state index is 11.7. The van der Waals surface area contributed by atoms with Gasteiger partial charge in [0.15, 0.2) is 0 Å². The first-order valence-electron chi connectivity index (χ1n) is 4.82. The Morgan fingerprint density at radius 3 is 3.17 bits per heavy atom. The van der Waals surface area contributed by atoms with E-state index in [-0.39, 0.29) is 0 Å². The summed E-state index contributed by atoms with van der Waals surface area (Å²) in [5.41, 5.74) is 0. The molecule has 0 aliphatic carbocycles. The Balaban J connectivity index is 2.18. The molecule has 1 atom stereocenters. The third kappa shape index (κ3) is 1.38. The first-order valence-corrected chi connectivity index (χ1v) is 4.82. The Labute approximate surface area is 73.2 Å². The molecular weight excluding hydrogens is 150 g/mol. The summed E-state index contributed by atoms with van der Waals surface area (Å²) in [6.45, 7) is 1.81. The fourth-order valence-electron chi connectivity index (χ4n) is 2.05. The van der Waals surface area contributed by atoms with Crippen molar-refractivity contribution in [3.8, 4) is 0 Å². The van der Waals surface area contributed by atoms with Crippen molar-refractivity contribution < 1.29 is 4.79 Å². The summed E-state index contributed by atoms with van der Waals surface area (Å²) in [5, 5.41) is 0. The van der Waals surface area contributed by atoms with Crippen molar-refractivity contribution in [3.63, 3.8) is 0 Å².